The number of nitrogens with zero attached hydrogens (tertiary/aromatic N) is 2. The van der Waals surface area contributed by atoms with Crippen molar-refractivity contribution in [3.63, 3.8) is 0 Å². The average Bonchev–Trinajstić information content (AvgIpc) is 3.18. The molecule has 1 heterocycles. The zero-order valence-corrected chi connectivity index (χ0v) is 12.8. The van der Waals surface area contributed by atoms with E-state index in [4.69, 9.17) is 0 Å². The van der Waals surface area contributed by atoms with Gasteiger partial charge in [0, 0.05) is 6.54 Å². The van der Waals surface area contributed by atoms with Gasteiger partial charge in [-0.1, -0.05) is 30.3 Å². The van der Waals surface area contributed by atoms with Gasteiger partial charge in [0.25, 0.3) is 0 Å². The molecule has 1 aliphatic carbocycles. The van der Waals surface area contributed by atoms with E-state index in [1.54, 1.807) is 0 Å². The summed E-state index contributed by atoms with van der Waals surface area (Å²) >= 11 is 1.21. The number of aromatic nitrogens is 2. The summed E-state index contributed by atoms with van der Waals surface area (Å²) in [5.74, 6) is 0.0994. The van der Waals surface area contributed by atoms with Crippen molar-refractivity contribution in [1.82, 2.24) is 14.1 Å². The first-order valence-electron chi connectivity index (χ1n) is 7.38. The molecule has 3 aromatic rings. The maximum Gasteiger partial charge on any atom is 0.227 e. The minimum Gasteiger partial charge on any atom is -0.351 e. The smallest absolute Gasteiger partial charge is 0.227 e. The van der Waals surface area contributed by atoms with Crippen LogP contribution >= 0.6 is 11.7 Å². The third-order valence-corrected chi connectivity index (χ3v) is 4.79. The van der Waals surface area contributed by atoms with Crippen molar-refractivity contribution in [2.45, 2.75) is 25.3 Å². The number of benzene rings is 2. The van der Waals surface area contributed by atoms with Crippen molar-refractivity contribution in [3.8, 4) is 0 Å². The van der Waals surface area contributed by atoms with Crippen molar-refractivity contribution in [2.75, 3.05) is 0 Å². The Labute approximate surface area is 132 Å². The third-order valence-electron chi connectivity index (χ3n) is 4.23. The number of rotatable bonds is 3. The van der Waals surface area contributed by atoms with Crippen LogP contribution in [0.1, 0.15) is 29.0 Å². The minimum absolute atomic E-state index is 0.0131. The molecule has 1 N–H and O–H groups in total. The zero-order chi connectivity index (χ0) is 14.9. The molecule has 0 saturated carbocycles. The Morgan fingerprint density at radius 1 is 1.18 bits per heavy atom. The highest BCUT2D eigenvalue weighted by Gasteiger charge is 2.27. The van der Waals surface area contributed by atoms with Gasteiger partial charge in [-0.05, 0) is 41.7 Å². The molecular formula is C17H15N3OS. The number of aryl methyl sites for hydroxylation is 1. The van der Waals surface area contributed by atoms with Crippen molar-refractivity contribution < 1.29 is 4.79 Å². The number of fused-ring (bicyclic) bond motifs is 2. The number of carbonyl (C=O) groups is 1. The molecule has 1 aliphatic rings. The van der Waals surface area contributed by atoms with Crippen molar-refractivity contribution >= 4 is 28.7 Å². The SMILES string of the molecule is O=C(NCc1ccc2nsnc2c1)C1CCc2ccccc21. The lowest BCUT2D eigenvalue weighted by atomic mass is 10.0. The maximum absolute atomic E-state index is 12.5. The Morgan fingerprint density at radius 3 is 3.00 bits per heavy atom. The lowest BCUT2D eigenvalue weighted by Gasteiger charge is -2.12. The summed E-state index contributed by atoms with van der Waals surface area (Å²) in [4.78, 5) is 12.5. The van der Waals surface area contributed by atoms with E-state index in [0.717, 1.165) is 29.4 Å². The van der Waals surface area contributed by atoms with E-state index in [0.29, 0.717) is 6.54 Å². The highest BCUT2D eigenvalue weighted by Crippen LogP contribution is 2.32. The maximum atomic E-state index is 12.5. The number of amides is 1. The molecule has 1 amide bonds. The molecule has 0 aliphatic heterocycles. The topological polar surface area (TPSA) is 54.9 Å². The van der Waals surface area contributed by atoms with Crippen molar-refractivity contribution in [2.24, 2.45) is 0 Å². The Bertz CT molecular complexity index is 843. The number of hydrogen-bond donors (Lipinski definition) is 1. The van der Waals surface area contributed by atoms with E-state index in [1.165, 1.54) is 22.9 Å². The number of hydrogen-bond acceptors (Lipinski definition) is 4. The fourth-order valence-corrected chi connectivity index (χ4v) is 3.60. The van der Waals surface area contributed by atoms with E-state index in [9.17, 15) is 4.79 Å². The highest BCUT2D eigenvalue weighted by molar-refractivity contribution is 7.00. The molecule has 0 radical (unpaired) electrons. The van der Waals surface area contributed by atoms with Gasteiger partial charge in [0.05, 0.1) is 17.6 Å². The van der Waals surface area contributed by atoms with Gasteiger partial charge in [0.2, 0.25) is 5.91 Å². The van der Waals surface area contributed by atoms with Gasteiger partial charge < -0.3 is 5.32 Å². The van der Waals surface area contributed by atoms with Crippen LogP contribution in [0.3, 0.4) is 0 Å². The molecule has 0 saturated heterocycles. The summed E-state index contributed by atoms with van der Waals surface area (Å²) in [5, 5.41) is 3.05. The van der Waals surface area contributed by atoms with Gasteiger partial charge in [-0.25, -0.2) is 0 Å². The molecule has 4 nitrogen and oxygen atoms in total. The van der Waals surface area contributed by atoms with Crippen LogP contribution in [-0.4, -0.2) is 14.7 Å². The second-order valence-electron chi connectivity index (χ2n) is 5.60. The molecule has 22 heavy (non-hydrogen) atoms. The number of nitrogens with one attached hydrogen (secondary N) is 1. The van der Waals surface area contributed by atoms with Crippen LogP contribution in [0.5, 0.6) is 0 Å². The van der Waals surface area contributed by atoms with Crippen molar-refractivity contribution in [1.29, 1.82) is 0 Å². The fraction of sp³-hybridized carbons (Fsp3) is 0.235. The summed E-state index contributed by atoms with van der Waals surface area (Å²) in [6.07, 6.45) is 1.89. The van der Waals surface area contributed by atoms with E-state index in [2.05, 4.69) is 26.2 Å². The van der Waals surface area contributed by atoms with Gasteiger partial charge >= 0.3 is 0 Å². The standard InChI is InChI=1S/C17H15N3OS/c21-17(14-7-6-12-3-1-2-4-13(12)14)18-10-11-5-8-15-16(9-11)20-22-19-15/h1-5,8-9,14H,6-7,10H2,(H,18,21). The van der Waals surface area contributed by atoms with E-state index in [-0.39, 0.29) is 11.8 Å². The number of carbonyl (C=O) groups excluding carboxylic acids is 1. The van der Waals surface area contributed by atoms with Crippen LogP contribution in [-0.2, 0) is 17.8 Å². The van der Waals surface area contributed by atoms with Crippen molar-refractivity contribution in [3.05, 3.63) is 59.2 Å². The fourth-order valence-electron chi connectivity index (χ4n) is 3.08. The summed E-state index contributed by atoms with van der Waals surface area (Å²) in [6, 6.07) is 14.2. The lowest BCUT2D eigenvalue weighted by Crippen LogP contribution is -2.27. The first-order valence-corrected chi connectivity index (χ1v) is 8.11. The third kappa shape index (κ3) is 2.37. The molecule has 1 aromatic heterocycles. The first kappa shape index (κ1) is 13.4. The molecule has 110 valence electrons. The Morgan fingerprint density at radius 2 is 2.05 bits per heavy atom. The van der Waals surface area contributed by atoms with Crippen LogP contribution in [0.4, 0.5) is 0 Å². The summed E-state index contributed by atoms with van der Waals surface area (Å²) in [7, 11) is 0. The second kappa shape index (κ2) is 5.50. The molecule has 4 rings (SSSR count). The van der Waals surface area contributed by atoms with Gasteiger partial charge in [0.1, 0.15) is 11.0 Å². The first-order chi connectivity index (χ1) is 10.8. The molecule has 5 heteroatoms. The van der Waals surface area contributed by atoms with Crippen LogP contribution in [0.25, 0.3) is 11.0 Å². The van der Waals surface area contributed by atoms with Gasteiger partial charge in [-0.2, -0.15) is 8.75 Å². The predicted molar refractivity (Wildman–Crippen MR) is 86.8 cm³/mol. The highest BCUT2D eigenvalue weighted by atomic mass is 32.1. The average molecular weight is 309 g/mol. The van der Waals surface area contributed by atoms with E-state index in [1.807, 2.05) is 30.3 Å². The van der Waals surface area contributed by atoms with Crippen LogP contribution < -0.4 is 5.32 Å². The molecule has 0 spiro atoms. The minimum atomic E-state index is -0.0131. The largest absolute Gasteiger partial charge is 0.351 e. The quantitative estimate of drug-likeness (QED) is 0.809. The monoisotopic (exact) mass is 309 g/mol. The van der Waals surface area contributed by atoms with Crippen LogP contribution in [0.2, 0.25) is 0 Å². The Balaban J connectivity index is 1.46. The molecule has 1 atom stereocenters. The van der Waals surface area contributed by atoms with Gasteiger partial charge in [0.15, 0.2) is 0 Å². The van der Waals surface area contributed by atoms with Crippen LogP contribution in [0, 0.1) is 0 Å². The summed E-state index contributed by atoms with van der Waals surface area (Å²) in [6.45, 7) is 0.533. The Hall–Kier alpha value is -2.27. The second-order valence-corrected chi connectivity index (χ2v) is 6.12. The summed E-state index contributed by atoms with van der Waals surface area (Å²) < 4.78 is 8.42. The Kier molecular flexibility index (Phi) is 3.35. The molecule has 0 fully saturated rings. The zero-order valence-electron chi connectivity index (χ0n) is 12.0. The van der Waals surface area contributed by atoms with E-state index >= 15 is 0 Å². The lowest BCUT2D eigenvalue weighted by molar-refractivity contribution is -0.122. The predicted octanol–water partition coefficient (Wildman–Crippen LogP) is 3.04. The molecule has 0 bridgehead atoms. The van der Waals surface area contributed by atoms with Crippen LogP contribution in [0.15, 0.2) is 42.5 Å². The molecule has 1 unspecified atom stereocenters. The van der Waals surface area contributed by atoms with E-state index < -0.39 is 0 Å². The normalized spacial score (nSPS) is 16.6. The summed E-state index contributed by atoms with van der Waals surface area (Å²) in [5.41, 5.74) is 5.34. The van der Waals surface area contributed by atoms with Gasteiger partial charge in [-0.3, -0.25) is 4.79 Å². The van der Waals surface area contributed by atoms with Gasteiger partial charge in [-0.15, -0.1) is 0 Å². The molecular weight excluding hydrogens is 294 g/mol. The molecule has 2 aromatic carbocycles.